The van der Waals surface area contributed by atoms with Gasteiger partial charge in [-0.2, -0.15) is 0 Å². The molecule has 5 rings (SSSR count). The summed E-state index contributed by atoms with van der Waals surface area (Å²) < 4.78 is 0. The van der Waals surface area contributed by atoms with Gasteiger partial charge in [-0.1, -0.05) is 7.43 Å². The summed E-state index contributed by atoms with van der Waals surface area (Å²) in [5.41, 5.74) is 12.6. The summed E-state index contributed by atoms with van der Waals surface area (Å²) >= 11 is 0. The van der Waals surface area contributed by atoms with E-state index in [0.717, 1.165) is 71.7 Å². The van der Waals surface area contributed by atoms with Crippen molar-refractivity contribution in [2.24, 2.45) is 0 Å². The van der Waals surface area contributed by atoms with Gasteiger partial charge in [-0.25, -0.2) is 19.9 Å². The molecular weight excluding hydrogens is 456 g/mol. The van der Waals surface area contributed by atoms with Gasteiger partial charge in [0.15, 0.2) is 0 Å². The number of rotatable bonds is 0. The van der Waals surface area contributed by atoms with Crippen LogP contribution >= 0.6 is 0 Å². The number of aromatic nitrogens is 4. The minimum atomic E-state index is 0. The summed E-state index contributed by atoms with van der Waals surface area (Å²) in [7, 11) is 4.24. The zero-order valence-corrected chi connectivity index (χ0v) is 22.1. The molecule has 6 nitrogen and oxygen atoms in total. The molecule has 0 atom stereocenters. The lowest BCUT2D eigenvalue weighted by Crippen LogP contribution is -2.20. The summed E-state index contributed by atoms with van der Waals surface area (Å²) in [5, 5.41) is 0. The van der Waals surface area contributed by atoms with E-state index in [1.54, 1.807) is 0 Å². The van der Waals surface area contributed by atoms with Crippen molar-refractivity contribution >= 4 is 0 Å². The minimum absolute atomic E-state index is 0. The molecule has 0 saturated carbocycles. The van der Waals surface area contributed by atoms with Crippen LogP contribution in [-0.4, -0.2) is 43.8 Å². The number of aryl methyl sites for hydroxylation is 4. The Morgan fingerprint density at radius 2 is 0.649 bits per heavy atom. The molecule has 192 valence electrons. The van der Waals surface area contributed by atoms with Crippen molar-refractivity contribution in [3.8, 4) is 22.8 Å². The molecule has 37 heavy (non-hydrogen) atoms. The lowest BCUT2D eigenvalue weighted by Gasteiger charge is -2.20. The van der Waals surface area contributed by atoms with Crippen LogP contribution in [0.2, 0.25) is 0 Å². The Kier molecular flexibility index (Phi) is 7.81. The van der Waals surface area contributed by atoms with E-state index in [4.69, 9.17) is 19.9 Å². The van der Waals surface area contributed by atoms with Crippen molar-refractivity contribution in [3.05, 3.63) is 93.6 Å². The van der Waals surface area contributed by atoms with E-state index in [0.29, 0.717) is 0 Å². The second kappa shape index (κ2) is 10.9. The number of hydrogen-bond donors (Lipinski definition) is 0. The van der Waals surface area contributed by atoms with Gasteiger partial charge >= 0.3 is 0 Å². The summed E-state index contributed by atoms with van der Waals surface area (Å²) in [6, 6.07) is 17.2. The highest BCUT2D eigenvalue weighted by molar-refractivity contribution is 5.58. The van der Waals surface area contributed by atoms with Crippen molar-refractivity contribution in [2.75, 3.05) is 14.1 Å². The van der Waals surface area contributed by atoms with Crippen molar-refractivity contribution in [1.29, 1.82) is 0 Å². The average Bonchev–Trinajstić information content (AvgIpc) is 2.76. The molecule has 8 bridgehead atoms. The first-order valence-corrected chi connectivity index (χ1v) is 12.5. The fourth-order valence-corrected chi connectivity index (χ4v) is 5.02. The van der Waals surface area contributed by atoms with Gasteiger partial charge in [0.05, 0.1) is 45.6 Å². The van der Waals surface area contributed by atoms with Crippen LogP contribution < -0.4 is 0 Å². The molecule has 6 heteroatoms. The molecule has 0 unspecified atom stereocenters. The third-order valence-corrected chi connectivity index (χ3v) is 6.34. The predicted octanol–water partition coefficient (Wildman–Crippen LogP) is 6.05. The monoisotopic (exact) mass is 494 g/mol. The van der Waals surface area contributed by atoms with Crippen LogP contribution in [0.4, 0.5) is 0 Å². The molecule has 0 N–H and O–H groups in total. The Balaban J connectivity index is 0.00000320. The lowest BCUT2D eigenvalue weighted by molar-refractivity contribution is 0.310. The zero-order chi connectivity index (χ0) is 25.4. The lowest BCUT2D eigenvalue weighted by atomic mass is 10.1. The molecule has 0 aromatic carbocycles. The normalized spacial score (nSPS) is 14.4. The number of hydrogen-bond acceptors (Lipinski definition) is 6. The van der Waals surface area contributed by atoms with Gasteiger partial charge in [0.1, 0.15) is 0 Å². The van der Waals surface area contributed by atoms with Gasteiger partial charge in [0.25, 0.3) is 0 Å². The molecule has 1 aliphatic rings. The van der Waals surface area contributed by atoms with Crippen LogP contribution in [0.25, 0.3) is 22.8 Å². The van der Waals surface area contributed by atoms with E-state index in [1.165, 1.54) is 22.3 Å². The van der Waals surface area contributed by atoms with Crippen molar-refractivity contribution in [3.63, 3.8) is 0 Å². The maximum absolute atomic E-state index is 5.01. The van der Waals surface area contributed by atoms with E-state index in [9.17, 15) is 0 Å². The second-order valence-corrected chi connectivity index (χ2v) is 10.4. The largest absolute Gasteiger partial charge is 0.295 e. The molecule has 5 heterocycles. The summed E-state index contributed by atoms with van der Waals surface area (Å²) in [5.74, 6) is 0. The summed E-state index contributed by atoms with van der Waals surface area (Å²) in [6.07, 6.45) is 0. The van der Waals surface area contributed by atoms with Gasteiger partial charge in [-0.05, 0) is 113 Å². The third kappa shape index (κ3) is 6.45. The molecule has 1 aliphatic heterocycles. The first-order valence-electron chi connectivity index (χ1n) is 12.5. The van der Waals surface area contributed by atoms with Gasteiger partial charge in [-0.3, -0.25) is 9.80 Å². The van der Waals surface area contributed by atoms with Crippen LogP contribution in [0, 0.1) is 27.7 Å². The maximum atomic E-state index is 5.01. The fourth-order valence-electron chi connectivity index (χ4n) is 5.02. The highest BCUT2D eigenvalue weighted by Gasteiger charge is 2.14. The summed E-state index contributed by atoms with van der Waals surface area (Å²) in [4.78, 5) is 24.6. The fraction of sp³-hybridized carbons (Fsp3) is 0.355. The highest BCUT2D eigenvalue weighted by atomic mass is 15.1. The van der Waals surface area contributed by atoms with Gasteiger partial charge < -0.3 is 0 Å². The van der Waals surface area contributed by atoms with E-state index < -0.39 is 0 Å². The van der Waals surface area contributed by atoms with E-state index in [1.807, 2.05) is 0 Å². The zero-order valence-electron chi connectivity index (χ0n) is 22.1. The number of nitrogens with zero attached hydrogens (tertiary/aromatic N) is 6. The topological polar surface area (TPSA) is 58.0 Å². The van der Waals surface area contributed by atoms with E-state index in [2.05, 4.69) is 100 Å². The molecule has 0 radical (unpaired) electrons. The first-order chi connectivity index (χ1) is 17.2. The first kappa shape index (κ1) is 26.6. The van der Waals surface area contributed by atoms with Crippen LogP contribution in [0.15, 0.2) is 48.5 Å². The van der Waals surface area contributed by atoms with Crippen molar-refractivity contribution in [1.82, 2.24) is 29.7 Å². The van der Waals surface area contributed by atoms with Gasteiger partial charge in [-0.15, -0.1) is 0 Å². The molecule has 4 aromatic heterocycles. The Bertz CT molecular complexity index is 1210. The van der Waals surface area contributed by atoms with Gasteiger partial charge in [0.2, 0.25) is 0 Å². The van der Waals surface area contributed by atoms with Crippen LogP contribution in [0.5, 0.6) is 0 Å². The second-order valence-electron chi connectivity index (χ2n) is 10.4. The van der Waals surface area contributed by atoms with Crippen LogP contribution in [-0.2, 0) is 26.2 Å². The van der Waals surface area contributed by atoms with Crippen LogP contribution in [0.1, 0.15) is 52.5 Å². The average molecular weight is 495 g/mol. The van der Waals surface area contributed by atoms with E-state index >= 15 is 0 Å². The Morgan fingerprint density at radius 1 is 0.432 bits per heavy atom. The molecule has 0 aliphatic carbocycles. The Morgan fingerprint density at radius 3 is 0.865 bits per heavy atom. The minimum Gasteiger partial charge on any atom is -0.295 e. The smallest absolute Gasteiger partial charge is 0.0892 e. The molecular formula is C31H38N6. The summed E-state index contributed by atoms with van der Waals surface area (Å²) in [6.45, 7) is 11.4. The van der Waals surface area contributed by atoms with Crippen molar-refractivity contribution in [2.45, 2.75) is 61.3 Å². The quantitative estimate of drug-likeness (QED) is 0.297. The predicted molar refractivity (Wildman–Crippen MR) is 151 cm³/mol. The molecule has 0 amide bonds. The standard InChI is InChI=1S/C30H34N6.CH4/c1-19-7-23-15-35(5)16-25-9-21(3)13-29(33-25)30-14-22(4)10-26(34-30)18-36(6)17-24-8-20(2)12-28(32-24)27(11-19)31-23;/h7-14H,15-18H2,1-6H3;1H4. The van der Waals surface area contributed by atoms with E-state index in [-0.39, 0.29) is 7.43 Å². The number of pyridine rings is 4. The highest BCUT2D eigenvalue weighted by Crippen LogP contribution is 2.23. The molecule has 0 fully saturated rings. The Hall–Kier alpha value is -3.48. The third-order valence-electron chi connectivity index (χ3n) is 6.34. The molecule has 0 spiro atoms. The van der Waals surface area contributed by atoms with Gasteiger partial charge in [0, 0.05) is 26.2 Å². The maximum Gasteiger partial charge on any atom is 0.0892 e. The van der Waals surface area contributed by atoms with Crippen molar-refractivity contribution < 1.29 is 0 Å². The SMILES string of the molecule is C.Cc1cc2nc(c1)-c1cc(C)cc(n1)CN(C)Cc1cc(C)cc(n1)-c1cc(C)cc(n1)CN(C)C2. The molecule has 4 aromatic rings. The van der Waals surface area contributed by atoms with Crippen LogP contribution in [0.3, 0.4) is 0 Å². The molecule has 0 saturated heterocycles. The Labute approximate surface area is 221 Å². The number of fused-ring (bicyclic) bond motifs is 10.